The summed E-state index contributed by atoms with van der Waals surface area (Å²) in [5, 5.41) is 12.2. The number of amides is 1. The number of nitrogens with zero attached hydrogens (tertiary/aromatic N) is 3. The molecule has 0 saturated carbocycles. The van der Waals surface area contributed by atoms with Crippen molar-refractivity contribution in [3.8, 4) is 0 Å². The Labute approximate surface area is 116 Å². The summed E-state index contributed by atoms with van der Waals surface area (Å²) < 4.78 is 1.99. The summed E-state index contributed by atoms with van der Waals surface area (Å²) in [5.41, 5.74) is 1.21. The fraction of sp³-hybridized carbons (Fsp3) is 0.385. The van der Waals surface area contributed by atoms with Crippen LogP contribution in [0.3, 0.4) is 0 Å². The lowest BCUT2D eigenvalue weighted by molar-refractivity contribution is -0.695. The first-order valence-corrected chi connectivity index (χ1v) is 7.07. The predicted octanol–water partition coefficient (Wildman–Crippen LogP) is 1.73. The Bertz CT molecular complexity index is 550. The molecule has 2 aromatic rings. The Hall–Kier alpha value is -1.82. The third kappa shape index (κ3) is 4.10. The van der Waals surface area contributed by atoms with Gasteiger partial charge in [-0.3, -0.25) is 4.79 Å². The van der Waals surface area contributed by atoms with E-state index in [4.69, 9.17) is 0 Å². The van der Waals surface area contributed by atoms with Crippen LogP contribution in [0.5, 0.6) is 0 Å². The van der Waals surface area contributed by atoms with Crippen LogP contribution in [-0.4, -0.2) is 16.1 Å². The molecule has 0 aliphatic rings. The second kappa shape index (κ2) is 6.38. The number of rotatable bonds is 5. The number of anilines is 1. The van der Waals surface area contributed by atoms with Crippen molar-refractivity contribution in [2.45, 2.75) is 33.2 Å². The maximum atomic E-state index is 11.8. The van der Waals surface area contributed by atoms with Crippen LogP contribution in [-0.2, 0) is 17.8 Å². The van der Waals surface area contributed by atoms with Crippen LogP contribution in [0.25, 0.3) is 0 Å². The minimum absolute atomic E-state index is 0.0353. The van der Waals surface area contributed by atoms with Gasteiger partial charge in [0, 0.05) is 12.1 Å². The van der Waals surface area contributed by atoms with E-state index in [1.54, 1.807) is 0 Å². The fourth-order valence-corrected chi connectivity index (χ4v) is 2.24. The van der Waals surface area contributed by atoms with Gasteiger partial charge in [0.15, 0.2) is 18.9 Å². The maximum absolute atomic E-state index is 11.8. The zero-order chi connectivity index (χ0) is 13.7. The Morgan fingerprint density at radius 3 is 2.74 bits per heavy atom. The van der Waals surface area contributed by atoms with Gasteiger partial charge in [-0.15, -0.1) is 10.2 Å². The van der Waals surface area contributed by atoms with Crippen molar-refractivity contribution in [1.82, 2.24) is 10.2 Å². The Balaban J connectivity index is 1.82. The molecule has 0 unspecified atom stereocenters. The maximum Gasteiger partial charge on any atom is 0.232 e. The highest BCUT2D eigenvalue weighted by Gasteiger charge is 2.09. The van der Waals surface area contributed by atoms with Crippen LogP contribution in [0.15, 0.2) is 24.5 Å². The molecule has 5 nitrogen and oxygen atoms in total. The van der Waals surface area contributed by atoms with E-state index in [1.807, 2.05) is 42.9 Å². The Morgan fingerprint density at radius 1 is 1.37 bits per heavy atom. The molecule has 1 N–H and O–H groups in total. The first-order chi connectivity index (χ1) is 9.17. The summed E-state index contributed by atoms with van der Waals surface area (Å²) in [5.74, 6) is -0.0353. The van der Waals surface area contributed by atoms with Gasteiger partial charge in [0.05, 0.1) is 6.42 Å². The second-order valence-corrected chi connectivity index (χ2v) is 5.33. The molecule has 0 radical (unpaired) electrons. The number of carbonyl (C=O) groups excluding carboxylic acids is 1. The van der Waals surface area contributed by atoms with E-state index in [-0.39, 0.29) is 5.91 Å². The van der Waals surface area contributed by atoms with E-state index in [9.17, 15) is 4.79 Å². The fourth-order valence-electron chi connectivity index (χ4n) is 1.54. The third-order valence-corrected chi connectivity index (χ3v) is 3.65. The average Bonchev–Trinajstić information content (AvgIpc) is 2.86. The number of carbonyl (C=O) groups is 1. The van der Waals surface area contributed by atoms with Gasteiger partial charge in [0.1, 0.15) is 5.01 Å². The van der Waals surface area contributed by atoms with Gasteiger partial charge in [-0.2, -0.15) is 0 Å². The van der Waals surface area contributed by atoms with Crippen LogP contribution in [0, 0.1) is 6.92 Å². The lowest BCUT2D eigenvalue weighted by Crippen LogP contribution is -2.34. The molecule has 0 aliphatic heterocycles. The number of pyridine rings is 1. The van der Waals surface area contributed by atoms with Crippen LogP contribution >= 0.6 is 11.3 Å². The van der Waals surface area contributed by atoms with E-state index >= 15 is 0 Å². The molecular formula is C13H17N4OS+. The van der Waals surface area contributed by atoms with Crippen LogP contribution in [0.4, 0.5) is 5.13 Å². The standard InChI is InChI=1S/C13H16N4OS/c1-3-12-15-16-13(19-12)14-11(18)6-9-17-7-4-10(2)5-8-17/h4-5,7-8H,3,6,9H2,1-2H3/p+1. The van der Waals surface area contributed by atoms with E-state index in [1.165, 1.54) is 16.9 Å². The van der Waals surface area contributed by atoms with E-state index < -0.39 is 0 Å². The third-order valence-electron chi connectivity index (χ3n) is 2.67. The van der Waals surface area contributed by atoms with Gasteiger partial charge >= 0.3 is 0 Å². The zero-order valence-corrected chi connectivity index (χ0v) is 11.9. The van der Waals surface area contributed by atoms with Gasteiger partial charge in [-0.25, -0.2) is 4.57 Å². The smallest absolute Gasteiger partial charge is 0.232 e. The van der Waals surface area contributed by atoms with Gasteiger partial charge in [0.2, 0.25) is 11.0 Å². The number of aryl methyl sites for hydroxylation is 3. The molecule has 0 spiro atoms. The van der Waals surface area contributed by atoms with Gasteiger partial charge < -0.3 is 5.32 Å². The van der Waals surface area contributed by atoms with Gasteiger partial charge in [0.25, 0.3) is 0 Å². The summed E-state index contributed by atoms with van der Waals surface area (Å²) in [6.07, 6.45) is 5.22. The molecule has 0 fully saturated rings. The molecule has 19 heavy (non-hydrogen) atoms. The van der Waals surface area contributed by atoms with Crippen molar-refractivity contribution in [3.63, 3.8) is 0 Å². The normalized spacial score (nSPS) is 10.4. The summed E-state index contributed by atoms with van der Waals surface area (Å²) in [6, 6.07) is 4.05. The van der Waals surface area contributed by atoms with E-state index in [0.29, 0.717) is 18.1 Å². The highest BCUT2D eigenvalue weighted by molar-refractivity contribution is 7.15. The van der Waals surface area contributed by atoms with Crippen molar-refractivity contribution in [2.24, 2.45) is 0 Å². The van der Waals surface area contributed by atoms with Crippen LogP contribution in [0.1, 0.15) is 23.9 Å². The largest absolute Gasteiger partial charge is 0.300 e. The van der Waals surface area contributed by atoms with Crippen molar-refractivity contribution in [2.75, 3.05) is 5.32 Å². The van der Waals surface area contributed by atoms with Crippen LogP contribution < -0.4 is 9.88 Å². The lowest BCUT2D eigenvalue weighted by Gasteiger charge is -1.99. The first-order valence-electron chi connectivity index (χ1n) is 6.25. The molecule has 0 atom stereocenters. The highest BCUT2D eigenvalue weighted by Crippen LogP contribution is 2.15. The number of hydrogen-bond acceptors (Lipinski definition) is 4. The zero-order valence-electron chi connectivity index (χ0n) is 11.1. The summed E-state index contributed by atoms with van der Waals surface area (Å²) in [7, 11) is 0. The monoisotopic (exact) mass is 277 g/mol. The molecule has 0 saturated heterocycles. The van der Waals surface area contributed by atoms with E-state index in [2.05, 4.69) is 15.5 Å². The molecule has 2 heterocycles. The predicted molar refractivity (Wildman–Crippen MR) is 73.9 cm³/mol. The number of nitrogens with one attached hydrogen (secondary N) is 1. The highest BCUT2D eigenvalue weighted by atomic mass is 32.1. The molecule has 0 aliphatic carbocycles. The molecule has 100 valence electrons. The minimum atomic E-state index is -0.0353. The lowest BCUT2D eigenvalue weighted by atomic mass is 10.3. The molecular weight excluding hydrogens is 260 g/mol. The van der Waals surface area contributed by atoms with Crippen molar-refractivity contribution >= 4 is 22.4 Å². The second-order valence-electron chi connectivity index (χ2n) is 4.27. The summed E-state index contributed by atoms with van der Waals surface area (Å²) in [6.45, 7) is 4.71. The van der Waals surface area contributed by atoms with Gasteiger partial charge in [-0.1, -0.05) is 18.3 Å². The SMILES string of the molecule is CCc1nnc(NC(=O)CC[n+]2ccc(C)cc2)s1. The Kier molecular flexibility index (Phi) is 4.57. The summed E-state index contributed by atoms with van der Waals surface area (Å²) >= 11 is 1.42. The molecule has 1 amide bonds. The van der Waals surface area contributed by atoms with Crippen molar-refractivity contribution in [1.29, 1.82) is 0 Å². The summed E-state index contributed by atoms with van der Waals surface area (Å²) in [4.78, 5) is 11.8. The van der Waals surface area contributed by atoms with Crippen molar-refractivity contribution in [3.05, 3.63) is 35.1 Å². The molecule has 0 aromatic carbocycles. The molecule has 2 rings (SSSR count). The molecule has 0 bridgehead atoms. The number of aromatic nitrogens is 3. The van der Waals surface area contributed by atoms with Gasteiger partial charge in [-0.05, 0) is 18.9 Å². The number of hydrogen-bond donors (Lipinski definition) is 1. The molecule has 6 heteroatoms. The minimum Gasteiger partial charge on any atom is -0.300 e. The quantitative estimate of drug-likeness (QED) is 0.847. The average molecular weight is 277 g/mol. The Morgan fingerprint density at radius 2 is 2.11 bits per heavy atom. The topological polar surface area (TPSA) is 58.8 Å². The van der Waals surface area contributed by atoms with E-state index in [0.717, 1.165) is 11.4 Å². The molecule has 2 aromatic heterocycles. The van der Waals surface area contributed by atoms with Crippen LogP contribution in [0.2, 0.25) is 0 Å². The first kappa shape index (κ1) is 13.6. The van der Waals surface area contributed by atoms with Crippen molar-refractivity contribution < 1.29 is 9.36 Å².